The number of benzene rings is 2. The van der Waals surface area contributed by atoms with E-state index < -0.39 is 106 Å². The fourth-order valence-corrected chi connectivity index (χ4v) is 9.82. The molecule has 2 N–H and O–H groups in total. The summed E-state index contributed by atoms with van der Waals surface area (Å²) >= 11 is 0. The molecule has 0 radical (unpaired) electrons. The third kappa shape index (κ3) is 5.66. The number of rotatable bonds is 8. The Kier molecular flexibility index (Phi) is 9.62. The molecule has 3 aliphatic carbocycles. The van der Waals surface area contributed by atoms with Gasteiger partial charge in [-0.25, -0.2) is 9.59 Å². The standard InChI is InChI=1S/C40H46O13/c1-20(2)38(46)31(49-24(6)42)22(4)39(47)28-19-21(3)30(48-23(5)41)40(28)36(52-35(45)27-17-13-10-14-18-27)37(8,53-40)32(29(39)33(38)50-25(7)43)51-34(44)26-15-11-9-12-16-26/h9-18,21-22,28-33,36,46-47H,1,19H2,2-8H3. The zero-order valence-electron chi connectivity index (χ0n) is 30.8. The highest BCUT2D eigenvalue weighted by molar-refractivity contribution is 5.90. The Balaban J connectivity index is 1.66. The highest BCUT2D eigenvalue weighted by Crippen LogP contribution is 2.71. The third-order valence-electron chi connectivity index (χ3n) is 11.8. The zero-order chi connectivity index (χ0) is 38.8. The van der Waals surface area contributed by atoms with Crippen molar-refractivity contribution in [2.24, 2.45) is 23.7 Å². The van der Waals surface area contributed by atoms with Gasteiger partial charge in [-0.1, -0.05) is 56.8 Å². The van der Waals surface area contributed by atoms with Crippen LogP contribution in [0.3, 0.4) is 0 Å². The Morgan fingerprint density at radius 3 is 1.66 bits per heavy atom. The third-order valence-corrected chi connectivity index (χ3v) is 11.8. The molecule has 284 valence electrons. The van der Waals surface area contributed by atoms with E-state index in [-0.39, 0.29) is 23.1 Å². The van der Waals surface area contributed by atoms with Gasteiger partial charge >= 0.3 is 29.8 Å². The molecule has 1 saturated heterocycles. The smallest absolute Gasteiger partial charge is 0.338 e. The van der Waals surface area contributed by atoms with E-state index in [1.54, 1.807) is 62.4 Å². The zero-order valence-corrected chi connectivity index (χ0v) is 30.8. The van der Waals surface area contributed by atoms with Gasteiger partial charge in [0, 0.05) is 32.6 Å². The van der Waals surface area contributed by atoms with E-state index in [2.05, 4.69) is 6.58 Å². The first kappa shape index (κ1) is 38.1. The Bertz CT molecular complexity index is 1810. The summed E-state index contributed by atoms with van der Waals surface area (Å²) in [5, 5.41) is 26.5. The highest BCUT2D eigenvalue weighted by Gasteiger charge is 2.88. The maximum atomic E-state index is 14.1. The van der Waals surface area contributed by atoms with Crippen LogP contribution in [0.15, 0.2) is 72.8 Å². The van der Waals surface area contributed by atoms with E-state index in [0.717, 1.165) is 13.8 Å². The molecule has 4 aliphatic rings. The number of carbonyl (C=O) groups excluding carboxylic acids is 5. The Labute approximate surface area is 307 Å². The number of carbonyl (C=O) groups is 5. The normalized spacial score (nSPS) is 39.5. The van der Waals surface area contributed by atoms with Gasteiger partial charge in [0.15, 0.2) is 17.3 Å². The van der Waals surface area contributed by atoms with Gasteiger partial charge in [0.1, 0.15) is 30.0 Å². The molecule has 53 heavy (non-hydrogen) atoms. The van der Waals surface area contributed by atoms with Crippen molar-refractivity contribution in [3.05, 3.63) is 83.9 Å². The van der Waals surface area contributed by atoms with Crippen LogP contribution in [-0.2, 0) is 42.8 Å². The summed E-state index contributed by atoms with van der Waals surface area (Å²) in [5.41, 5.74) is -7.80. The summed E-state index contributed by atoms with van der Waals surface area (Å²) in [6.07, 6.45) is -7.35. The number of hydrogen-bond donors (Lipinski definition) is 2. The van der Waals surface area contributed by atoms with Crippen molar-refractivity contribution in [1.82, 2.24) is 0 Å². The monoisotopic (exact) mass is 734 g/mol. The molecule has 13 heteroatoms. The largest absolute Gasteiger partial charge is 0.459 e. The topological polar surface area (TPSA) is 181 Å². The van der Waals surface area contributed by atoms with E-state index >= 15 is 0 Å². The first-order chi connectivity index (χ1) is 24.8. The van der Waals surface area contributed by atoms with E-state index in [1.807, 2.05) is 0 Å². The Morgan fingerprint density at radius 2 is 1.17 bits per heavy atom. The molecule has 13 atom stereocenters. The second kappa shape index (κ2) is 13.4. The lowest BCUT2D eigenvalue weighted by atomic mass is 9.52. The predicted octanol–water partition coefficient (Wildman–Crippen LogP) is 3.73. The predicted molar refractivity (Wildman–Crippen MR) is 185 cm³/mol. The van der Waals surface area contributed by atoms with Crippen molar-refractivity contribution in [2.75, 3.05) is 0 Å². The van der Waals surface area contributed by atoms with Crippen LogP contribution in [0.2, 0.25) is 0 Å². The van der Waals surface area contributed by atoms with Crippen LogP contribution >= 0.6 is 0 Å². The average molecular weight is 735 g/mol. The number of fused-ring (bicyclic) bond motifs is 3. The van der Waals surface area contributed by atoms with Crippen molar-refractivity contribution in [3.8, 4) is 0 Å². The molecule has 0 aromatic heterocycles. The Hall–Kier alpha value is -4.59. The molecule has 4 fully saturated rings. The molecule has 13 unspecified atom stereocenters. The molecule has 1 spiro atoms. The summed E-state index contributed by atoms with van der Waals surface area (Å²) < 4.78 is 37.4. The molecule has 3 saturated carbocycles. The minimum Gasteiger partial charge on any atom is -0.459 e. The lowest BCUT2D eigenvalue weighted by Gasteiger charge is -2.62. The lowest BCUT2D eigenvalue weighted by molar-refractivity contribution is -0.388. The van der Waals surface area contributed by atoms with Gasteiger partial charge in [-0.15, -0.1) is 0 Å². The second-order valence-electron chi connectivity index (χ2n) is 15.1. The molecule has 6 rings (SSSR count). The quantitative estimate of drug-likeness (QED) is 0.228. The molecule has 2 aromatic carbocycles. The lowest BCUT2D eigenvalue weighted by Crippen LogP contribution is -2.80. The molecule has 2 aromatic rings. The van der Waals surface area contributed by atoms with Crippen LogP contribution in [0.25, 0.3) is 0 Å². The van der Waals surface area contributed by atoms with Gasteiger partial charge in [-0.05, 0) is 56.0 Å². The van der Waals surface area contributed by atoms with Crippen molar-refractivity contribution >= 4 is 29.8 Å². The molecule has 1 heterocycles. The first-order valence-corrected chi connectivity index (χ1v) is 17.7. The van der Waals surface area contributed by atoms with E-state index in [1.165, 1.54) is 32.9 Å². The number of aliphatic hydroxyl groups is 2. The van der Waals surface area contributed by atoms with Crippen LogP contribution in [-0.4, -0.2) is 93.0 Å². The Morgan fingerprint density at radius 1 is 0.698 bits per heavy atom. The van der Waals surface area contributed by atoms with E-state index in [0.29, 0.717) is 0 Å². The maximum absolute atomic E-state index is 14.1. The number of esters is 5. The average Bonchev–Trinajstić information content (AvgIpc) is 3.33. The van der Waals surface area contributed by atoms with Crippen LogP contribution in [0.4, 0.5) is 0 Å². The van der Waals surface area contributed by atoms with Crippen molar-refractivity contribution in [1.29, 1.82) is 0 Å². The van der Waals surface area contributed by atoms with Crippen molar-refractivity contribution in [3.63, 3.8) is 0 Å². The van der Waals surface area contributed by atoms with Crippen molar-refractivity contribution < 1.29 is 62.6 Å². The minimum absolute atomic E-state index is 0.0269. The summed E-state index contributed by atoms with van der Waals surface area (Å²) in [5.74, 6) is -8.35. The molecule has 0 amide bonds. The fraction of sp³-hybridized carbons (Fsp3) is 0.525. The van der Waals surface area contributed by atoms with Gasteiger partial charge in [0.2, 0.25) is 0 Å². The SMILES string of the molecule is C=C(C)C1(O)C(OC(C)=O)C(C)C2(O)C(C(OC(=O)c3ccccc3)C3(C)OC4(C(OC(C)=O)C(C)CC24)C3OC(=O)c2ccccc2)C1OC(C)=O. The van der Waals surface area contributed by atoms with Gasteiger partial charge in [-0.3, -0.25) is 14.4 Å². The highest BCUT2D eigenvalue weighted by atomic mass is 16.7. The first-order valence-electron chi connectivity index (χ1n) is 17.7. The maximum Gasteiger partial charge on any atom is 0.338 e. The van der Waals surface area contributed by atoms with Crippen LogP contribution in [0.1, 0.15) is 75.6 Å². The second-order valence-corrected chi connectivity index (χ2v) is 15.1. The fourth-order valence-electron chi connectivity index (χ4n) is 9.82. The van der Waals surface area contributed by atoms with Gasteiger partial charge in [-0.2, -0.15) is 0 Å². The summed E-state index contributed by atoms with van der Waals surface area (Å²) in [6.45, 7) is 13.8. The van der Waals surface area contributed by atoms with Gasteiger partial charge < -0.3 is 38.6 Å². The van der Waals surface area contributed by atoms with Crippen LogP contribution in [0.5, 0.6) is 0 Å². The number of ether oxygens (including phenoxy) is 6. The van der Waals surface area contributed by atoms with E-state index in [4.69, 9.17) is 28.4 Å². The van der Waals surface area contributed by atoms with Crippen LogP contribution < -0.4 is 0 Å². The van der Waals surface area contributed by atoms with E-state index in [9.17, 15) is 34.2 Å². The molecule has 13 nitrogen and oxygen atoms in total. The van der Waals surface area contributed by atoms with Crippen LogP contribution in [0, 0.1) is 23.7 Å². The van der Waals surface area contributed by atoms with Gasteiger partial charge in [0.05, 0.1) is 22.6 Å². The summed E-state index contributed by atoms with van der Waals surface area (Å²) in [7, 11) is 0. The summed E-state index contributed by atoms with van der Waals surface area (Å²) in [6, 6.07) is 16.2. The van der Waals surface area contributed by atoms with Gasteiger partial charge in [0.25, 0.3) is 0 Å². The summed E-state index contributed by atoms with van der Waals surface area (Å²) in [4.78, 5) is 66.5. The molecular weight excluding hydrogens is 688 g/mol. The number of hydrogen-bond acceptors (Lipinski definition) is 13. The minimum atomic E-state index is -2.35. The van der Waals surface area contributed by atoms with Crippen molar-refractivity contribution in [2.45, 2.75) is 108 Å². The molecule has 1 aliphatic heterocycles. The molecular formula is C40H46O13. The molecule has 2 bridgehead atoms.